The van der Waals surface area contributed by atoms with Gasteiger partial charge in [0.15, 0.2) is 0 Å². The van der Waals surface area contributed by atoms with Crippen LogP contribution in [0, 0.1) is 6.92 Å². The highest BCUT2D eigenvalue weighted by Gasteiger charge is 2.09. The summed E-state index contributed by atoms with van der Waals surface area (Å²) in [5.41, 5.74) is 2.79. The van der Waals surface area contributed by atoms with Crippen LogP contribution in [0.25, 0.3) is 0 Å². The Kier molecular flexibility index (Phi) is 6.28. The third-order valence-electron chi connectivity index (χ3n) is 3.52. The summed E-state index contributed by atoms with van der Waals surface area (Å²) in [7, 11) is 0. The topological polar surface area (TPSA) is 87.3 Å². The molecule has 25 heavy (non-hydrogen) atoms. The minimum absolute atomic E-state index is 0.152. The number of hydrogen-bond donors (Lipinski definition) is 3. The predicted molar refractivity (Wildman–Crippen MR) is 97.5 cm³/mol. The molecule has 0 bridgehead atoms. The molecule has 2 rings (SSSR count). The molecule has 0 atom stereocenters. The molecule has 0 unspecified atom stereocenters. The van der Waals surface area contributed by atoms with E-state index in [1.165, 1.54) is 6.92 Å². The average Bonchev–Trinajstić information content (AvgIpc) is 2.56. The molecule has 0 aliphatic carbocycles. The van der Waals surface area contributed by atoms with Crippen LogP contribution in [0.1, 0.15) is 29.3 Å². The van der Waals surface area contributed by atoms with Gasteiger partial charge in [0.2, 0.25) is 11.8 Å². The van der Waals surface area contributed by atoms with Gasteiger partial charge >= 0.3 is 0 Å². The van der Waals surface area contributed by atoms with Crippen molar-refractivity contribution in [3.05, 3.63) is 59.7 Å². The van der Waals surface area contributed by atoms with E-state index in [2.05, 4.69) is 16.0 Å². The van der Waals surface area contributed by atoms with Gasteiger partial charge < -0.3 is 16.0 Å². The van der Waals surface area contributed by atoms with E-state index < -0.39 is 0 Å². The van der Waals surface area contributed by atoms with E-state index in [-0.39, 0.29) is 30.7 Å². The number of anilines is 2. The van der Waals surface area contributed by atoms with Crippen molar-refractivity contribution < 1.29 is 14.4 Å². The van der Waals surface area contributed by atoms with Gasteiger partial charge in [-0.3, -0.25) is 14.4 Å². The van der Waals surface area contributed by atoms with Crippen LogP contribution in [0.5, 0.6) is 0 Å². The minimum Gasteiger partial charge on any atom is -0.352 e. The Balaban J connectivity index is 1.78. The predicted octanol–water partition coefficient (Wildman–Crippen LogP) is 2.71. The summed E-state index contributed by atoms with van der Waals surface area (Å²) in [6, 6.07) is 14.1. The number of nitrogens with one attached hydrogen (secondary N) is 3. The highest BCUT2D eigenvalue weighted by molar-refractivity contribution is 5.96. The fraction of sp³-hybridized carbons (Fsp3) is 0.211. The van der Waals surface area contributed by atoms with E-state index in [0.29, 0.717) is 16.9 Å². The van der Waals surface area contributed by atoms with Crippen LogP contribution < -0.4 is 16.0 Å². The monoisotopic (exact) mass is 339 g/mol. The van der Waals surface area contributed by atoms with Crippen LogP contribution in [0.4, 0.5) is 11.4 Å². The normalized spacial score (nSPS) is 10.0. The van der Waals surface area contributed by atoms with E-state index in [0.717, 1.165) is 5.56 Å². The Morgan fingerprint density at radius 2 is 1.48 bits per heavy atom. The van der Waals surface area contributed by atoms with Gasteiger partial charge in [0.1, 0.15) is 0 Å². The van der Waals surface area contributed by atoms with Gasteiger partial charge in [-0.2, -0.15) is 0 Å². The molecule has 0 aliphatic heterocycles. The van der Waals surface area contributed by atoms with Crippen LogP contribution >= 0.6 is 0 Å². The fourth-order valence-corrected chi connectivity index (χ4v) is 2.28. The van der Waals surface area contributed by atoms with E-state index in [4.69, 9.17) is 0 Å². The molecule has 0 saturated carbocycles. The molecule has 0 spiro atoms. The van der Waals surface area contributed by atoms with Gasteiger partial charge in [-0.05, 0) is 42.8 Å². The van der Waals surface area contributed by atoms with E-state index >= 15 is 0 Å². The third-order valence-corrected chi connectivity index (χ3v) is 3.52. The first-order valence-corrected chi connectivity index (χ1v) is 7.97. The zero-order chi connectivity index (χ0) is 18.2. The van der Waals surface area contributed by atoms with Crippen LogP contribution in [0.3, 0.4) is 0 Å². The quantitative estimate of drug-likeness (QED) is 0.756. The van der Waals surface area contributed by atoms with Crippen molar-refractivity contribution in [2.75, 3.05) is 17.2 Å². The SMILES string of the molecule is CC(=O)Nc1ccc(NC(=O)CCNC(=O)c2ccccc2C)cc1. The first kappa shape index (κ1) is 18.2. The van der Waals surface area contributed by atoms with Crippen molar-refractivity contribution in [2.45, 2.75) is 20.3 Å². The summed E-state index contributed by atoms with van der Waals surface area (Å²) in [4.78, 5) is 34.9. The largest absolute Gasteiger partial charge is 0.352 e. The van der Waals surface area contributed by atoms with E-state index in [9.17, 15) is 14.4 Å². The first-order chi connectivity index (χ1) is 12.0. The second-order valence-corrected chi connectivity index (χ2v) is 5.63. The minimum atomic E-state index is -0.197. The van der Waals surface area contributed by atoms with Gasteiger partial charge in [0, 0.05) is 36.8 Å². The molecule has 3 N–H and O–H groups in total. The summed E-state index contributed by atoms with van der Waals surface area (Å²) < 4.78 is 0. The van der Waals surface area contributed by atoms with Crippen molar-refractivity contribution in [3.8, 4) is 0 Å². The molecule has 0 aromatic heterocycles. The number of aryl methyl sites for hydroxylation is 1. The van der Waals surface area contributed by atoms with Gasteiger partial charge in [-0.1, -0.05) is 18.2 Å². The standard InChI is InChI=1S/C19H21N3O3/c1-13-5-3-4-6-17(13)19(25)20-12-11-18(24)22-16-9-7-15(8-10-16)21-14(2)23/h3-10H,11-12H2,1-2H3,(H,20,25)(H,21,23)(H,22,24). The molecule has 130 valence electrons. The molecular formula is C19H21N3O3. The molecule has 3 amide bonds. The maximum absolute atomic E-state index is 12.1. The van der Waals surface area contributed by atoms with E-state index in [1.807, 2.05) is 19.1 Å². The van der Waals surface area contributed by atoms with Crippen LogP contribution in [0.2, 0.25) is 0 Å². The Morgan fingerprint density at radius 3 is 2.08 bits per heavy atom. The zero-order valence-corrected chi connectivity index (χ0v) is 14.3. The van der Waals surface area contributed by atoms with Crippen LogP contribution in [-0.4, -0.2) is 24.3 Å². The lowest BCUT2D eigenvalue weighted by molar-refractivity contribution is -0.116. The zero-order valence-electron chi connectivity index (χ0n) is 14.3. The second-order valence-electron chi connectivity index (χ2n) is 5.63. The van der Waals surface area contributed by atoms with E-state index in [1.54, 1.807) is 36.4 Å². The first-order valence-electron chi connectivity index (χ1n) is 7.97. The Morgan fingerprint density at radius 1 is 0.880 bits per heavy atom. The summed E-state index contributed by atoms with van der Waals surface area (Å²) >= 11 is 0. The molecule has 2 aromatic carbocycles. The Labute approximate surface area is 146 Å². The van der Waals surface area contributed by atoms with Gasteiger partial charge in [0.25, 0.3) is 5.91 Å². The smallest absolute Gasteiger partial charge is 0.251 e. The van der Waals surface area contributed by atoms with Gasteiger partial charge in [-0.25, -0.2) is 0 Å². The van der Waals surface area contributed by atoms with Crippen molar-refractivity contribution in [2.24, 2.45) is 0 Å². The summed E-state index contributed by atoms with van der Waals surface area (Å²) in [5, 5.41) is 8.14. The molecular weight excluding hydrogens is 318 g/mol. The molecule has 0 saturated heterocycles. The summed E-state index contributed by atoms with van der Waals surface area (Å²) in [6.45, 7) is 3.55. The number of carbonyl (C=O) groups is 3. The highest BCUT2D eigenvalue weighted by Crippen LogP contribution is 2.13. The second kappa shape index (κ2) is 8.63. The summed E-state index contributed by atoms with van der Waals surface area (Å²) in [5.74, 6) is -0.538. The van der Waals surface area contributed by atoms with Crippen molar-refractivity contribution >= 4 is 29.1 Å². The number of carbonyl (C=O) groups excluding carboxylic acids is 3. The molecule has 0 fully saturated rings. The maximum atomic E-state index is 12.1. The van der Waals surface area contributed by atoms with Crippen molar-refractivity contribution in [3.63, 3.8) is 0 Å². The third kappa shape index (κ3) is 5.76. The number of benzene rings is 2. The molecule has 6 nitrogen and oxygen atoms in total. The Hall–Kier alpha value is -3.15. The lowest BCUT2D eigenvalue weighted by atomic mass is 10.1. The maximum Gasteiger partial charge on any atom is 0.251 e. The summed E-state index contributed by atoms with van der Waals surface area (Å²) in [6.07, 6.45) is 0.172. The molecule has 0 radical (unpaired) electrons. The number of rotatable bonds is 6. The lowest BCUT2D eigenvalue weighted by Crippen LogP contribution is -2.28. The Bertz CT molecular complexity index is 770. The van der Waals surface area contributed by atoms with Gasteiger partial charge in [-0.15, -0.1) is 0 Å². The average molecular weight is 339 g/mol. The lowest BCUT2D eigenvalue weighted by Gasteiger charge is -2.09. The van der Waals surface area contributed by atoms with Gasteiger partial charge in [0.05, 0.1) is 0 Å². The number of hydrogen-bond acceptors (Lipinski definition) is 3. The number of amides is 3. The molecule has 0 aliphatic rings. The highest BCUT2D eigenvalue weighted by atomic mass is 16.2. The molecule has 0 heterocycles. The van der Waals surface area contributed by atoms with Crippen molar-refractivity contribution in [1.82, 2.24) is 5.32 Å². The van der Waals surface area contributed by atoms with Crippen LogP contribution in [-0.2, 0) is 9.59 Å². The van der Waals surface area contributed by atoms with Crippen molar-refractivity contribution in [1.29, 1.82) is 0 Å². The molecule has 2 aromatic rings. The molecule has 6 heteroatoms. The fourth-order valence-electron chi connectivity index (χ4n) is 2.28. The van der Waals surface area contributed by atoms with Crippen LogP contribution in [0.15, 0.2) is 48.5 Å².